The molecule has 0 unspecified atom stereocenters. The molecule has 0 radical (unpaired) electrons. The van der Waals surface area contributed by atoms with Crippen LogP contribution in [-0.4, -0.2) is 58.6 Å². The van der Waals surface area contributed by atoms with Gasteiger partial charge in [-0.05, 0) is 43.9 Å². The molecular formula is C22H25FN6O2. The van der Waals surface area contributed by atoms with E-state index in [4.69, 9.17) is 9.47 Å². The van der Waals surface area contributed by atoms with Gasteiger partial charge in [-0.2, -0.15) is 4.39 Å². The van der Waals surface area contributed by atoms with Crippen LogP contribution < -0.4 is 15.0 Å². The van der Waals surface area contributed by atoms with Crippen LogP contribution >= 0.6 is 0 Å². The van der Waals surface area contributed by atoms with Gasteiger partial charge in [0.05, 0.1) is 24.8 Å². The fourth-order valence-electron chi connectivity index (χ4n) is 4.23. The van der Waals surface area contributed by atoms with Crippen molar-refractivity contribution < 1.29 is 13.9 Å². The highest BCUT2D eigenvalue weighted by molar-refractivity contribution is 5.85. The maximum Gasteiger partial charge on any atom is 0.233 e. The van der Waals surface area contributed by atoms with Crippen LogP contribution in [0.2, 0.25) is 0 Å². The van der Waals surface area contributed by atoms with Gasteiger partial charge in [0.15, 0.2) is 0 Å². The molecule has 5 rings (SSSR count). The fraction of sp³-hybridized carbons (Fsp3) is 0.455. The molecule has 31 heavy (non-hydrogen) atoms. The Labute approximate surface area is 179 Å². The number of hydrogen-bond donors (Lipinski definition) is 1. The van der Waals surface area contributed by atoms with Crippen molar-refractivity contribution in [2.24, 2.45) is 0 Å². The maximum atomic E-state index is 12.9. The average Bonchev–Trinajstić information content (AvgIpc) is 2.82. The van der Waals surface area contributed by atoms with Gasteiger partial charge in [-0.1, -0.05) is 0 Å². The summed E-state index contributed by atoms with van der Waals surface area (Å²) in [4.78, 5) is 11.3. The molecule has 1 saturated carbocycles. The van der Waals surface area contributed by atoms with Crippen LogP contribution in [0.5, 0.6) is 5.75 Å². The molecule has 1 N–H and O–H groups in total. The molecule has 8 nitrogen and oxygen atoms in total. The minimum atomic E-state index is -0.572. The second-order valence-electron chi connectivity index (χ2n) is 7.94. The summed E-state index contributed by atoms with van der Waals surface area (Å²) in [5.41, 5.74) is 2.73. The number of nitrogens with one attached hydrogen (secondary N) is 1. The van der Waals surface area contributed by atoms with Gasteiger partial charge >= 0.3 is 0 Å². The van der Waals surface area contributed by atoms with E-state index in [1.807, 2.05) is 0 Å². The third-order valence-electron chi connectivity index (χ3n) is 5.85. The van der Waals surface area contributed by atoms with Crippen LogP contribution in [0.25, 0.3) is 11.0 Å². The van der Waals surface area contributed by atoms with Crippen molar-refractivity contribution in [3.05, 3.63) is 42.6 Å². The largest absolute Gasteiger partial charge is 0.488 e. The first kappa shape index (κ1) is 19.9. The second-order valence-corrected chi connectivity index (χ2v) is 7.94. The van der Waals surface area contributed by atoms with E-state index < -0.39 is 5.95 Å². The highest BCUT2D eigenvalue weighted by Crippen LogP contribution is 2.33. The first-order chi connectivity index (χ1) is 15.2. The topological polar surface area (TPSA) is 85.3 Å². The maximum absolute atomic E-state index is 12.9. The van der Waals surface area contributed by atoms with Gasteiger partial charge in [-0.3, -0.25) is 4.98 Å². The number of rotatable bonds is 5. The number of fused-ring (bicyclic) bond motifs is 1. The van der Waals surface area contributed by atoms with Crippen LogP contribution in [0.4, 0.5) is 15.9 Å². The molecule has 9 heteroatoms. The number of hydrogen-bond acceptors (Lipinski definition) is 8. The zero-order chi connectivity index (χ0) is 21.0. The zero-order valence-corrected chi connectivity index (χ0v) is 17.2. The van der Waals surface area contributed by atoms with E-state index in [-0.39, 0.29) is 12.1 Å². The summed E-state index contributed by atoms with van der Waals surface area (Å²) in [6, 6.07) is 7.37. The summed E-state index contributed by atoms with van der Waals surface area (Å²) in [5.74, 6) is 0.815. The molecule has 0 amide bonds. The number of morpholine rings is 1. The van der Waals surface area contributed by atoms with Gasteiger partial charge in [0.1, 0.15) is 17.1 Å². The lowest BCUT2D eigenvalue weighted by Crippen LogP contribution is -2.36. The molecule has 2 fully saturated rings. The molecular weight excluding hydrogens is 399 g/mol. The Morgan fingerprint density at radius 3 is 2.58 bits per heavy atom. The van der Waals surface area contributed by atoms with Crippen molar-refractivity contribution in [3.63, 3.8) is 0 Å². The van der Waals surface area contributed by atoms with Crippen molar-refractivity contribution >= 4 is 22.5 Å². The molecule has 1 aliphatic carbocycles. The average molecular weight is 424 g/mol. The smallest absolute Gasteiger partial charge is 0.233 e. The fourth-order valence-corrected chi connectivity index (χ4v) is 4.23. The molecule has 2 aliphatic rings. The lowest BCUT2D eigenvalue weighted by molar-refractivity contribution is 0.122. The molecule has 2 aromatic heterocycles. The summed E-state index contributed by atoms with van der Waals surface area (Å²) < 4.78 is 24.9. The predicted octanol–water partition coefficient (Wildman–Crippen LogP) is 3.20. The number of benzene rings is 1. The monoisotopic (exact) mass is 424 g/mol. The van der Waals surface area contributed by atoms with E-state index in [1.165, 1.54) is 6.07 Å². The van der Waals surface area contributed by atoms with Crippen molar-refractivity contribution in [3.8, 4) is 5.75 Å². The Balaban J connectivity index is 1.27. The minimum Gasteiger partial charge on any atom is -0.488 e. The first-order valence-corrected chi connectivity index (χ1v) is 10.7. The zero-order valence-electron chi connectivity index (χ0n) is 17.2. The number of anilines is 2. The van der Waals surface area contributed by atoms with Gasteiger partial charge in [0.25, 0.3) is 0 Å². The molecule has 0 bridgehead atoms. The number of ether oxygens (including phenoxy) is 2. The minimum absolute atomic E-state index is 0.113. The molecule has 162 valence electrons. The van der Waals surface area contributed by atoms with Gasteiger partial charge in [-0.15, -0.1) is 10.2 Å². The number of aromatic nitrogens is 4. The van der Waals surface area contributed by atoms with Crippen molar-refractivity contribution in [2.75, 3.05) is 36.5 Å². The van der Waals surface area contributed by atoms with E-state index in [2.05, 4.69) is 42.5 Å². The molecule has 3 heterocycles. The van der Waals surface area contributed by atoms with Crippen LogP contribution in [0.3, 0.4) is 0 Å². The number of nitrogens with zero attached hydrogens (tertiary/aromatic N) is 5. The Morgan fingerprint density at radius 2 is 1.81 bits per heavy atom. The Hall–Kier alpha value is -3.07. The molecule has 0 atom stereocenters. The summed E-state index contributed by atoms with van der Waals surface area (Å²) in [6.45, 7) is 3.16. The lowest BCUT2D eigenvalue weighted by Gasteiger charge is -2.31. The van der Waals surface area contributed by atoms with E-state index >= 15 is 0 Å². The molecule has 3 aromatic rings. The quantitative estimate of drug-likeness (QED) is 0.668. The highest BCUT2D eigenvalue weighted by Gasteiger charge is 2.24. The third-order valence-corrected chi connectivity index (χ3v) is 5.85. The second kappa shape index (κ2) is 8.97. The predicted molar refractivity (Wildman–Crippen MR) is 115 cm³/mol. The van der Waals surface area contributed by atoms with Crippen molar-refractivity contribution in [1.82, 2.24) is 20.2 Å². The van der Waals surface area contributed by atoms with E-state index in [0.717, 1.165) is 74.5 Å². The summed E-state index contributed by atoms with van der Waals surface area (Å²) in [5, 5.41) is 10.7. The van der Waals surface area contributed by atoms with E-state index in [1.54, 1.807) is 18.5 Å². The van der Waals surface area contributed by atoms with Gasteiger partial charge in [0.2, 0.25) is 5.95 Å². The lowest BCUT2D eigenvalue weighted by atomic mass is 9.93. The van der Waals surface area contributed by atoms with Crippen molar-refractivity contribution in [1.29, 1.82) is 0 Å². The summed E-state index contributed by atoms with van der Waals surface area (Å²) in [6.07, 6.45) is 7.24. The van der Waals surface area contributed by atoms with E-state index in [0.29, 0.717) is 5.82 Å². The molecule has 1 aliphatic heterocycles. The standard InChI is InChI=1S/C22H25FN6O2/c23-20-5-6-21(28-27-20)26-15-1-3-17(4-2-15)31-19-14-16(29-9-11-30-12-10-29)13-18-22(19)25-8-7-24-18/h5-8,13-15,17H,1-4,9-12H2,(H,26,28). The summed E-state index contributed by atoms with van der Waals surface area (Å²) in [7, 11) is 0. The van der Waals surface area contributed by atoms with Crippen LogP contribution in [-0.2, 0) is 4.74 Å². The van der Waals surface area contributed by atoms with Crippen LogP contribution in [0, 0.1) is 5.95 Å². The first-order valence-electron chi connectivity index (χ1n) is 10.7. The molecule has 0 spiro atoms. The van der Waals surface area contributed by atoms with Crippen molar-refractivity contribution in [2.45, 2.75) is 37.8 Å². The third kappa shape index (κ3) is 4.66. The molecule has 1 aromatic carbocycles. The van der Waals surface area contributed by atoms with Gasteiger partial charge < -0.3 is 19.7 Å². The van der Waals surface area contributed by atoms with E-state index in [9.17, 15) is 4.39 Å². The normalized spacial score (nSPS) is 21.8. The van der Waals surface area contributed by atoms with Gasteiger partial charge in [-0.25, -0.2) is 4.98 Å². The molecule has 1 saturated heterocycles. The number of halogens is 1. The Bertz CT molecular complexity index is 1020. The van der Waals surface area contributed by atoms with Crippen LogP contribution in [0.15, 0.2) is 36.7 Å². The Morgan fingerprint density at radius 1 is 1.00 bits per heavy atom. The van der Waals surface area contributed by atoms with Gasteiger partial charge in [0, 0.05) is 43.3 Å². The van der Waals surface area contributed by atoms with Crippen LogP contribution in [0.1, 0.15) is 25.7 Å². The summed E-state index contributed by atoms with van der Waals surface area (Å²) >= 11 is 0. The Kier molecular flexibility index (Phi) is 5.75. The highest BCUT2D eigenvalue weighted by atomic mass is 19.1. The SMILES string of the molecule is Fc1ccc(NC2CCC(Oc3cc(N4CCOCC4)cc4nccnc34)CC2)nn1.